The molecule has 1 fully saturated rings. The molecule has 4 rings (SSSR count). The van der Waals surface area contributed by atoms with Crippen molar-refractivity contribution in [2.45, 2.75) is 19.1 Å². The van der Waals surface area contributed by atoms with E-state index in [1.807, 2.05) is 12.2 Å². The topological polar surface area (TPSA) is 61.8 Å². The molecule has 0 N–H and O–H groups in total. The molecule has 0 aromatic heterocycles. The monoisotopic (exact) mass is 272 g/mol. The predicted molar refractivity (Wildman–Crippen MR) is 67.2 cm³/mol. The Morgan fingerprint density at radius 2 is 2.00 bits per heavy atom. The molecule has 0 aromatic carbocycles. The molecule has 0 radical (unpaired) electrons. The van der Waals surface area contributed by atoms with Crippen molar-refractivity contribution in [2.75, 3.05) is 6.61 Å². The maximum absolute atomic E-state index is 11.7. The minimum atomic E-state index is -0.435. The number of carbonyl (C=O) groups excluding carboxylic acids is 2. The highest BCUT2D eigenvalue weighted by Crippen LogP contribution is 2.44. The van der Waals surface area contributed by atoms with E-state index in [1.54, 1.807) is 13.0 Å². The summed E-state index contributed by atoms with van der Waals surface area (Å²) in [5.74, 6) is -0.220. The van der Waals surface area contributed by atoms with Crippen LogP contribution < -0.4 is 0 Å². The number of carbonyl (C=O) groups is 2. The highest BCUT2D eigenvalue weighted by molar-refractivity contribution is 5.92. The SMILES string of the molecule is CC1=C2C(COC3=CC=C4C=CC(=O)OC4C32)OC1=O. The Morgan fingerprint density at radius 3 is 2.85 bits per heavy atom. The van der Waals surface area contributed by atoms with Crippen molar-refractivity contribution >= 4 is 11.9 Å². The lowest BCUT2D eigenvalue weighted by Crippen LogP contribution is -2.41. The Hall–Kier alpha value is -2.30. The highest BCUT2D eigenvalue weighted by Gasteiger charge is 2.48. The van der Waals surface area contributed by atoms with Gasteiger partial charge in [0.25, 0.3) is 0 Å². The molecule has 102 valence electrons. The van der Waals surface area contributed by atoms with Crippen LogP contribution in [0.4, 0.5) is 0 Å². The third kappa shape index (κ3) is 1.43. The minimum Gasteiger partial charge on any atom is -0.493 e. The van der Waals surface area contributed by atoms with Gasteiger partial charge >= 0.3 is 11.9 Å². The van der Waals surface area contributed by atoms with Crippen molar-refractivity contribution in [1.29, 1.82) is 0 Å². The molecule has 1 saturated heterocycles. The van der Waals surface area contributed by atoms with E-state index < -0.39 is 6.10 Å². The van der Waals surface area contributed by atoms with Gasteiger partial charge in [0.05, 0.1) is 5.92 Å². The molecule has 0 aromatic rings. The van der Waals surface area contributed by atoms with Crippen molar-refractivity contribution in [3.8, 4) is 0 Å². The van der Waals surface area contributed by atoms with E-state index in [1.165, 1.54) is 6.08 Å². The second-order valence-corrected chi connectivity index (χ2v) is 5.19. The minimum absolute atomic E-state index is 0.255. The fraction of sp³-hybridized carbons (Fsp3) is 0.333. The number of esters is 2. The maximum atomic E-state index is 11.7. The van der Waals surface area contributed by atoms with Gasteiger partial charge in [0, 0.05) is 11.6 Å². The molecule has 5 nitrogen and oxygen atoms in total. The molecule has 0 amide bonds. The molecule has 3 unspecified atom stereocenters. The Kier molecular flexibility index (Phi) is 2.22. The first-order valence-corrected chi connectivity index (χ1v) is 6.50. The van der Waals surface area contributed by atoms with E-state index in [0.717, 1.165) is 16.9 Å². The number of allylic oxidation sites excluding steroid dienone is 2. The van der Waals surface area contributed by atoms with Crippen LogP contribution in [0.25, 0.3) is 0 Å². The normalized spacial score (nSPS) is 34.1. The van der Waals surface area contributed by atoms with Gasteiger partial charge in [-0.1, -0.05) is 6.08 Å². The van der Waals surface area contributed by atoms with E-state index in [9.17, 15) is 9.59 Å². The molecule has 3 aliphatic heterocycles. The maximum Gasteiger partial charge on any atom is 0.334 e. The number of hydrogen-bond donors (Lipinski definition) is 0. The molecule has 0 bridgehead atoms. The number of fused-ring (bicyclic) bond motifs is 5. The van der Waals surface area contributed by atoms with Crippen LogP contribution >= 0.6 is 0 Å². The summed E-state index contributed by atoms with van der Waals surface area (Å²) in [6.45, 7) is 2.07. The zero-order chi connectivity index (χ0) is 13.9. The fourth-order valence-corrected chi connectivity index (χ4v) is 3.16. The van der Waals surface area contributed by atoms with Crippen LogP contribution in [0.1, 0.15) is 6.92 Å². The molecule has 0 saturated carbocycles. The van der Waals surface area contributed by atoms with Crippen LogP contribution in [-0.2, 0) is 23.8 Å². The van der Waals surface area contributed by atoms with Crippen LogP contribution in [0.2, 0.25) is 0 Å². The van der Waals surface area contributed by atoms with Crippen LogP contribution in [0.15, 0.2) is 46.8 Å². The van der Waals surface area contributed by atoms with Crippen molar-refractivity contribution in [3.05, 3.63) is 46.8 Å². The molecular formula is C15H12O5. The quantitative estimate of drug-likeness (QED) is 0.620. The fourth-order valence-electron chi connectivity index (χ4n) is 3.16. The van der Waals surface area contributed by atoms with Gasteiger partial charge < -0.3 is 14.2 Å². The van der Waals surface area contributed by atoms with Gasteiger partial charge in [0.15, 0.2) is 6.10 Å². The Labute approximate surface area is 115 Å². The van der Waals surface area contributed by atoms with Crippen LogP contribution in [0, 0.1) is 5.92 Å². The van der Waals surface area contributed by atoms with Gasteiger partial charge in [-0.05, 0) is 30.2 Å². The lowest BCUT2D eigenvalue weighted by atomic mass is 9.78. The Balaban J connectivity index is 1.84. The summed E-state index contributed by atoms with van der Waals surface area (Å²) >= 11 is 0. The first kappa shape index (κ1) is 11.5. The van der Waals surface area contributed by atoms with Gasteiger partial charge in [-0.3, -0.25) is 0 Å². The van der Waals surface area contributed by atoms with Crippen molar-refractivity contribution in [1.82, 2.24) is 0 Å². The van der Waals surface area contributed by atoms with Crippen LogP contribution in [0.5, 0.6) is 0 Å². The summed E-state index contributed by atoms with van der Waals surface area (Å²) in [5, 5.41) is 0. The van der Waals surface area contributed by atoms with E-state index >= 15 is 0 Å². The summed E-state index contributed by atoms with van der Waals surface area (Å²) in [5.41, 5.74) is 2.38. The molecule has 3 heterocycles. The van der Waals surface area contributed by atoms with Crippen molar-refractivity contribution < 1.29 is 23.8 Å². The zero-order valence-electron chi connectivity index (χ0n) is 10.8. The van der Waals surface area contributed by atoms with Crippen molar-refractivity contribution in [2.24, 2.45) is 5.92 Å². The van der Waals surface area contributed by atoms with E-state index in [2.05, 4.69) is 0 Å². The Morgan fingerprint density at radius 1 is 1.15 bits per heavy atom. The van der Waals surface area contributed by atoms with Gasteiger partial charge in [-0.2, -0.15) is 0 Å². The van der Waals surface area contributed by atoms with Gasteiger partial charge in [0.2, 0.25) is 0 Å². The van der Waals surface area contributed by atoms with Gasteiger partial charge in [-0.15, -0.1) is 0 Å². The average molecular weight is 272 g/mol. The van der Waals surface area contributed by atoms with Crippen molar-refractivity contribution in [3.63, 3.8) is 0 Å². The van der Waals surface area contributed by atoms with Crippen LogP contribution in [0.3, 0.4) is 0 Å². The molecular weight excluding hydrogens is 260 g/mol. The lowest BCUT2D eigenvalue weighted by Gasteiger charge is -2.39. The summed E-state index contributed by atoms with van der Waals surface area (Å²) in [6, 6.07) is 0. The number of ether oxygens (including phenoxy) is 3. The first-order chi connectivity index (χ1) is 9.65. The van der Waals surface area contributed by atoms with Crippen LogP contribution in [-0.4, -0.2) is 30.8 Å². The summed E-state index contributed by atoms with van der Waals surface area (Å²) < 4.78 is 16.4. The molecule has 1 aliphatic carbocycles. The van der Waals surface area contributed by atoms with E-state index in [0.29, 0.717) is 12.2 Å². The third-order valence-electron chi connectivity index (χ3n) is 4.10. The smallest absolute Gasteiger partial charge is 0.334 e. The molecule has 0 spiro atoms. The number of hydrogen-bond acceptors (Lipinski definition) is 5. The van der Waals surface area contributed by atoms with E-state index in [-0.39, 0.29) is 24.0 Å². The summed E-state index contributed by atoms with van der Waals surface area (Å²) in [4.78, 5) is 23.3. The predicted octanol–water partition coefficient (Wildman–Crippen LogP) is 1.18. The molecule has 3 atom stereocenters. The van der Waals surface area contributed by atoms with E-state index in [4.69, 9.17) is 14.2 Å². The third-order valence-corrected chi connectivity index (χ3v) is 4.10. The van der Waals surface area contributed by atoms with Gasteiger partial charge in [-0.25, -0.2) is 9.59 Å². The summed E-state index contributed by atoms with van der Waals surface area (Å²) in [7, 11) is 0. The molecule has 20 heavy (non-hydrogen) atoms. The molecule has 4 aliphatic rings. The molecule has 5 heteroatoms. The van der Waals surface area contributed by atoms with Gasteiger partial charge in [0.1, 0.15) is 18.5 Å². The standard InChI is InChI=1S/C15H12O5/c1-7-12-10(19-15(7)17)6-18-9-4-2-8-3-5-11(16)20-14(8)13(9)12/h2-5,10,13-14H,6H2,1H3. The average Bonchev–Trinajstić information content (AvgIpc) is 2.74. The second-order valence-electron chi connectivity index (χ2n) is 5.19. The summed E-state index contributed by atoms with van der Waals surface area (Å²) in [6.07, 6.45) is 6.11. The highest BCUT2D eigenvalue weighted by atomic mass is 16.6. The largest absolute Gasteiger partial charge is 0.493 e. The Bertz CT molecular complexity index is 649. The zero-order valence-corrected chi connectivity index (χ0v) is 10.8. The second kappa shape index (κ2) is 3.85. The lowest BCUT2D eigenvalue weighted by molar-refractivity contribution is -0.147. The first-order valence-electron chi connectivity index (χ1n) is 6.50. The number of rotatable bonds is 0.